The molecule has 1 aliphatic heterocycles. The van der Waals surface area contributed by atoms with E-state index >= 15 is 0 Å². The summed E-state index contributed by atoms with van der Waals surface area (Å²) in [5.74, 6) is -0.396. The molecule has 0 unspecified atom stereocenters. The van der Waals surface area contributed by atoms with Crippen LogP contribution in [0.4, 0.5) is 0 Å². The summed E-state index contributed by atoms with van der Waals surface area (Å²) in [4.78, 5) is 11.9. The maximum absolute atomic E-state index is 11.9. The second-order valence-electron chi connectivity index (χ2n) is 9.35. The molecule has 0 saturated carbocycles. The van der Waals surface area contributed by atoms with Crippen molar-refractivity contribution in [2.24, 2.45) is 0 Å². The van der Waals surface area contributed by atoms with E-state index in [0.29, 0.717) is 0 Å². The second kappa shape index (κ2) is 20.7. The van der Waals surface area contributed by atoms with Crippen LogP contribution in [0, 0.1) is 0 Å². The normalized spacial score (nSPS) is 25.6. The van der Waals surface area contributed by atoms with Crippen molar-refractivity contribution in [3.8, 4) is 0 Å². The first-order valence-corrected chi connectivity index (χ1v) is 13.5. The average Bonchev–Trinajstić information content (AvgIpc) is 2.88. The van der Waals surface area contributed by atoms with Gasteiger partial charge >= 0.3 is 5.97 Å². The number of unbranched alkanes of at least 4 members (excludes halogenated alkanes) is 8. The Bertz CT molecular complexity index is 608. The number of aliphatic hydroxyl groups is 5. The fourth-order valence-electron chi connectivity index (χ4n) is 3.80. The van der Waals surface area contributed by atoms with Gasteiger partial charge < -0.3 is 39.7 Å². The van der Waals surface area contributed by atoms with Crippen LogP contribution in [-0.2, 0) is 19.0 Å². The highest BCUT2D eigenvalue weighted by Gasteiger charge is 2.44. The van der Waals surface area contributed by atoms with Gasteiger partial charge in [-0.05, 0) is 38.5 Å². The Balaban J connectivity index is 2.00. The monoisotopic (exact) mass is 516 g/mol. The van der Waals surface area contributed by atoms with E-state index in [9.17, 15) is 25.2 Å². The van der Waals surface area contributed by atoms with Crippen LogP contribution in [-0.4, -0.2) is 88.1 Å². The number of aliphatic hydroxyl groups excluding tert-OH is 5. The lowest BCUT2D eigenvalue weighted by Gasteiger charge is -2.39. The van der Waals surface area contributed by atoms with E-state index in [1.54, 1.807) is 0 Å². The molecule has 9 nitrogen and oxygen atoms in total. The molecule has 5 N–H and O–H groups in total. The zero-order chi connectivity index (χ0) is 26.6. The van der Waals surface area contributed by atoms with Gasteiger partial charge in [-0.15, -0.1) is 0 Å². The molecule has 9 heteroatoms. The van der Waals surface area contributed by atoms with Crippen LogP contribution in [0.5, 0.6) is 0 Å². The van der Waals surface area contributed by atoms with Gasteiger partial charge in [0.1, 0.15) is 37.1 Å². The van der Waals surface area contributed by atoms with Crippen molar-refractivity contribution in [3.05, 3.63) is 24.3 Å². The molecule has 0 amide bonds. The third-order valence-corrected chi connectivity index (χ3v) is 6.07. The summed E-state index contributed by atoms with van der Waals surface area (Å²) in [6, 6.07) is 0. The molecule has 1 fully saturated rings. The van der Waals surface area contributed by atoms with Gasteiger partial charge in [0, 0.05) is 6.42 Å². The highest BCUT2D eigenvalue weighted by atomic mass is 16.7. The molecule has 1 aliphatic rings. The molecule has 0 radical (unpaired) electrons. The van der Waals surface area contributed by atoms with Crippen molar-refractivity contribution < 1.29 is 44.5 Å². The molecular formula is C27H48O9. The molecule has 0 aromatic heterocycles. The van der Waals surface area contributed by atoms with Crippen molar-refractivity contribution >= 4 is 5.97 Å². The summed E-state index contributed by atoms with van der Waals surface area (Å²) < 4.78 is 15.5. The van der Waals surface area contributed by atoms with Crippen LogP contribution in [0.25, 0.3) is 0 Å². The molecule has 210 valence electrons. The lowest BCUT2D eigenvalue weighted by atomic mass is 9.99. The van der Waals surface area contributed by atoms with Crippen LogP contribution in [0.15, 0.2) is 24.3 Å². The van der Waals surface area contributed by atoms with Gasteiger partial charge in [-0.3, -0.25) is 4.79 Å². The summed E-state index contributed by atoms with van der Waals surface area (Å²) in [6.45, 7) is 1.06. The van der Waals surface area contributed by atoms with E-state index in [2.05, 4.69) is 31.2 Å². The molecule has 0 bridgehead atoms. The highest BCUT2D eigenvalue weighted by molar-refractivity contribution is 5.69. The predicted molar refractivity (Wildman–Crippen MR) is 136 cm³/mol. The second-order valence-corrected chi connectivity index (χ2v) is 9.35. The van der Waals surface area contributed by atoms with Crippen molar-refractivity contribution in [1.82, 2.24) is 0 Å². The largest absolute Gasteiger partial charge is 0.463 e. The molecule has 36 heavy (non-hydrogen) atoms. The average molecular weight is 517 g/mol. The van der Waals surface area contributed by atoms with Crippen molar-refractivity contribution in [2.45, 2.75) is 121 Å². The first-order chi connectivity index (χ1) is 17.4. The molecule has 0 aromatic carbocycles. The number of hydrogen-bond donors (Lipinski definition) is 5. The Morgan fingerprint density at radius 3 is 2.17 bits per heavy atom. The van der Waals surface area contributed by atoms with E-state index in [1.807, 2.05) is 0 Å². The molecule has 0 spiro atoms. The van der Waals surface area contributed by atoms with Crippen molar-refractivity contribution in [1.29, 1.82) is 0 Å². The molecule has 6 atom stereocenters. The highest BCUT2D eigenvalue weighted by Crippen LogP contribution is 2.22. The minimum absolute atomic E-state index is 0.267. The molecular weight excluding hydrogens is 468 g/mol. The maximum Gasteiger partial charge on any atom is 0.305 e. The van der Waals surface area contributed by atoms with Crippen LogP contribution >= 0.6 is 0 Å². The standard InChI is InChI=1S/C27H48O9/c1-2-3-4-5-6-7-8-9-10-11-12-13-14-15-16-17-23(30)34-19-21(29)20-35-27-26(33)25(32)24(31)22(18-28)36-27/h6-7,9-10,21-22,24-29,31-33H,2-5,8,11-20H2,1H3/b7-6+,10-9+/t21-,22+,24-,25-,26+,27+/m0/s1. The Kier molecular flexibility index (Phi) is 18.8. The number of rotatable bonds is 20. The minimum Gasteiger partial charge on any atom is -0.463 e. The first-order valence-electron chi connectivity index (χ1n) is 13.5. The van der Waals surface area contributed by atoms with Gasteiger partial charge in [-0.1, -0.05) is 63.3 Å². The maximum atomic E-state index is 11.9. The Morgan fingerprint density at radius 1 is 0.861 bits per heavy atom. The van der Waals surface area contributed by atoms with Gasteiger partial charge in [-0.2, -0.15) is 0 Å². The third-order valence-electron chi connectivity index (χ3n) is 6.07. The van der Waals surface area contributed by atoms with Crippen molar-refractivity contribution in [2.75, 3.05) is 19.8 Å². The summed E-state index contributed by atoms with van der Waals surface area (Å²) in [5, 5.41) is 48.5. The Hall–Kier alpha value is -1.33. The van der Waals surface area contributed by atoms with Gasteiger partial charge in [0.2, 0.25) is 0 Å². The van der Waals surface area contributed by atoms with E-state index in [4.69, 9.17) is 19.3 Å². The summed E-state index contributed by atoms with van der Waals surface area (Å²) in [7, 11) is 0. The SMILES string of the molecule is CCCCC/C=C/C/C=C/CCCCCCCC(=O)OC[C@H](O)CO[C@@H]1O[C@H](CO)[C@H](O)[C@H](O)[C@H]1O. The molecule has 1 saturated heterocycles. The van der Waals surface area contributed by atoms with E-state index in [0.717, 1.165) is 44.9 Å². The number of carbonyl (C=O) groups excluding carboxylic acids is 1. The van der Waals surface area contributed by atoms with E-state index in [-0.39, 0.29) is 19.6 Å². The summed E-state index contributed by atoms with van der Waals surface area (Å²) in [6.07, 6.45) is 13.2. The number of carbonyl (C=O) groups is 1. The molecule has 1 rings (SSSR count). The fraction of sp³-hybridized carbons (Fsp3) is 0.815. The molecule has 1 heterocycles. The number of ether oxygens (including phenoxy) is 3. The van der Waals surface area contributed by atoms with Crippen LogP contribution in [0.2, 0.25) is 0 Å². The van der Waals surface area contributed by atoms with Crippen LogP contribution < -0.4 is 0 Å². The van der Waals surface area contributed by atoms with Gasteiger partial charge in [-0.25, -0.2) is 0 Å². The lowest BCUT2D eigenvalue weighted by molar-refractivity contribution is -0.305. The van der Waals surface area contributed by atoms with E-state index in [1.165, 1.54) is 25.7 Å². The summed E-state index contributed by atoms with van der Waals surface area (Å²) in [5.41, 5.74) is 0. The Labute approximate surface area is 215 Å². The van der Waals surface area contributed by atoms with Crippen LogP contribution in [0.1, 0.15) is 84.0 Å². The summed E-state index contributed by atoms with van der Waals surface area (Å²) >= 11 is 0. The zero-order valence-corrected chi connectivity index (χ0v) is 21.7. The minimum atomic E-state index is -1.56. The smallest absolute Gasteiger partial charge is 0.305 e. The van der Waals surface area contributed by atoms with E-state index < -0.39 is 49.4 Å². The number of hydrogen-bond acceptors (Lipinski definition) is 9. The first kappa shape index (κ1) is 32.7. The van der Waals surface area contributed by atoms with Crippen molar-refractivity contribution in [3.63, 3.8) is 0 Å². The molecule has 0 aromatic rings. The van der Waals surface area contributed by atoms with Crippen LogP contribution in [0.3, 0.4) is 0 Å². The lowest BCUT2D eigenvalue weighted by Crippen LogP contribution is -2.59. The number of esters is 1. The van der Waals surface area contributed by atoms with Gasteiger partial charge in [0.15, 0.2) is 6.29 Å². The zero-order valence-electron chi connectivity index (χ0n) is 21.7. The Morgan fingerprint density at radius 2 is 1.50 bits per heavy atom. The number of allylic oxidation sites excluding steroid dienone is 4. The fourth-order valence-corrected chi connectivity index (χ4v) is 3.80. The van der Waals surface area contributed by atoms with Gasteiger partial charge in [0.25, 0.3) is 0 Å². The molecule has 0 aliphatic carbocycles. The quantitative estimate of drug-likeness (QED) is 0.0936. The third kappa shape index (κ3) is 14.4. The van der Waals surface area contributed by atoms with Gasteiger partial charge in [0.05, 0.1) is 13.2 Å². The predicted octanol–water partition coefficient (Wildman–Crippen LogP) is 2.52. The topological polar surface area (TPSA) is 146 Å².